The molecule has 1 saturated heterocycles. The lowest BCUT2D eigenvalue weighted by Gasteiger charge is -2.26. The van der Waals surface area contributed by atoms with Gasteiger partial charge in [-0.05, 0) is 50.8 Å². The van der Waals surface area contributed by atoms with Crippen molar-refractivity contribution >= 4 is 29.1 Å². The van der Waals surface area contributed by atoms with E-state index in [1.807, 2.05) is 25.9 Å². The van der Waals surface area contributed by atoms with E-state index in [-0.39, 0.29) is 11.3 Å². The molecule has 1 aliphatic heterocycles. The monoisotopic (exact) mass is 428 g/mol. The van der Waals surface area contributed by atoms with Gasteiger partial charge in [-0.3, -0.25) is 9.59 Å². The molecule has 1 atom stereocenters. The van der Waals surface area contributed by atoms with Gasteiger partial charge in [0.1, 0.15) is 11.5 Å². The number of benzene rings is 2. The van der Waals surface area contributed by atoms with Crippen molar-refractivity contribution in [1.82, 2.24) is 9.80 Å². The van der Waals surface area contributed by atoms with Crippen molar-refractivity contribution in [2.24, 2.45) is 0 Å². The van der Waals surface area contributed by atoms with Gasteiger partial charge in [0.15, 0.2) is 0 Å². The Hall–Kier alpha value is -2.83. The summed E-state index contributed by atoms with van der Waals surface area (Å²) < 4.78 is 5.50. The van der Waals surface area contributed by atoms with Crippen LogP contribution in [0.3, 0.4) is 0 Å². The average molecular weight is 429 g/mol. The Morgan fingerprint density at radius 3 is 2.57 bits per heavy atom. The third kappa shape index (κ3) is 4.50. The fraction of sp³-hybridized carbons (Fsp3) is 0.304. The fourth-order valence-electron chi connectivity index (χ4n) is 3.50. The number of ketones is 1. The van der Waals surface area contributed by atoms with E-state index in [1.54, 1.807) is 48.5 Å². The molecule has 1 N–H and O–H groups in total. The Bertz CT molecular complexity index is 987. The van der Waals surface area contributed by atoms with Gasteiger partial charge < -0.3 is 19.6 Å². The fourth-order valence-corrected chi connectivity index (χ4v) is 3.70. The summed E-state index contributed by atoms with van der Waals surface area (Å²) in [4.78, 5) is 29.2. The highest BCUT2D eigenvalue weighted by Crippen LogP contribution is 2.40. The molecule has 0 aliphatic carbocycles. The van der Waals surface area contributed by atoms with Crippen LogP contribution in [0.1, 0.15) is 24.1 Å². The van der Waals surface area contributed by atoms with E-state index in [1.165, 1.54) is 4.90 Å². The summed E-state index contributed by atoms with van der Waals surface area (Å²) in [5, 5.41) is 11.6. The molecule has 2 aromatic rings. The lowest BCUT2D eigenvalue weighted by Crippen LogP contribution is -2.35. The lowest BCUT2D eigenvalue weighted by atomic mass is 9.95. The van der Waals surface area contributed by atoms with Crippen LogP contribution in [0.4, 0.5) is 0 Å². The van der Waals surface area contributed by atoms with Gasteiger partial charge in [0, 0.05) is 23.7 Å². The second kappa shape index (κ2) is 9.32. The summed E-state index contributed by atoms with van der Waals surface area (Å²) in [6.07, 6.45) is 0. The number of likely N-dealkylation sites (N-methyl/N-ethyl adjacent to an activating group) is 1. The highest BCUT2D eigenvalue weighted by molar-refractivity contribution is 6.46. The Morgan fingerprint density at radius 1 is 1.17 bits per heavy atom. The highest BCUT2D eigenvalue weighted by Gasteiger charge is 2.45. The zero-order chi connectivity index (χ0) is 21.8. The van der Waals surface area contributed by atoms with E-state index in [9.17, 15) is 14.7 Å². The van der Waals surface area contributed by atoms with Crippen LogP contribution in [0.25, 0.3) is 5.76 Å². The minimum Gasteiger partial charge on any atom is -0.507 e. The summed E-state index contributed by atoms with van der Waals surface area (Å²) >= 11 is 6.18. The van der Waals surface area contributed by atoms with Crippen LogP contribution in [0, 0.1) is 0 Å². The van der Waals surface area contributed by atoms with Crippen LogP contribution in [-0.2, 0) is 9.59 Å². The third-order valence-corrected chi connectivity index (χ3v) is 5.15. The smallest absolute Gasteiger partial charge is 0.295 e. The molecule has 1 unspecified atom stereocenters. The van der Waals surface area contributed by atoms with Gasteiger partial charge >= 0.3 is 0 Å². The molecular formula is C23H25ClN2O4. The standard InChI is InChI=1S/C23H25ClN2O4/c1-4-30-18-10-6-8-16(14-18)21(27)19-20(15-7-5-9-17(24)13-15)26(12-11-25(2)3)23(29)22(19)28/h5-10,13-14,20,27H,4,11-12H2,1-3H3/b21-19+. The normalized spacial score (nSPS) is 18.3. The number of aliphatic hydroxyl groups is 1. The van der Waals surface area contributed by atoms with Crippen molar-refractivity contribution in [3.8, 4) is 5.75 Å². The minimum absolute atomic E-state index is 0.0506. The van der Waals surface area contributed by atoms with Gasteiger partial charge in [0.25, 0.3) is 11.7 Å². The number of carbonyl (C=O) groups excluding carboxylic acids is 2. The molecule has 1 aliphatic rings. The van der Waals surface area contributed by atoms with Crippen molar-refractivity contribution in [1.29, 1.82) is 0 Å². The zero-order valence-electron chi connectivity index (χ0n) is 17.3. The van der Waals surface area contributed by atoms with Gasteiger partial charge in [-0.2, -0.15) is 0 Å². The van der Waals surface area contributed by atoms with Crippen LogP contribution in [0.2, 0.25) is 5.02 Å². The van der Waals surface area contributed by atoms with E-state index < -0.39 is 17.7 Å². The Balaban J connectivity index is 2.14. The van der Waals surface area contributed by atoms with E-state index in [0.717, 1.165) is 0 Å². The molecule has 0 radical (unpaired) electrons. The first kappa shape index (κ1) is 21.9. The maximum atomic E-state index is 13.0. The molecule has 30 heavy (non-hydrogen) atoms. The number of halogens is 1. The number of Topliss-reactive ketones (excluding diaryl/α,β-unsaturated/α-hetero) is 1. The quantitative estimate of drug-likeness (QED) is 0.413. The van der Waals surface area contributed by atoms with E-state index in [2.05, 4.69) is 0 Å². The van der Waals surface area contributed by atoms with Crippen LogP contribution in [-0.4, -0.2) is 60.4 Å². The predicted molar refractivity (Wildman–Crippen MR) is 117 cm³/mol. The lowest BCUT2D eigenvalue weighted by molar-refractivity contribution is -0.140. The number of carbonyl (C=O) groups is 2. The molecule has 6 nitrogen and oxygen atoms in total. The largest absolute Gasteiger partial charge is 0.507 e. The summed E-state index contributed by atoms with van der Waals surface area (Å²) in [6, 6.07) is 13.1. The molecule has 1 amide bonds. The number of rotatable bonds is 7. The second-order valence-corrected chi connectivity index (χ2v) is 7.75. The first-order valence-electron chi connectivity index (χ1n) is 9.75. The molecule has 0 bridgehead atoms. The van der Waals surface area contributed by atoms with Crippen LogP contribution < -0.4 is 4.74 Å². The number of hydrogen-bond acceptors (Lipinski definition) is 5. The van der Waals surface area contributed by atoms with E-state index >= 15 is 0 Å². The summed E-state index contributed by atoms with van der Waals surface area (Å²) in [5.74, 6) is -1.00. The number of aliphatic hydroxyl groups excluding tert-OH is 1. The molecule has 2 aromatic carbocycles. The molecule has 0 spiro atoms. The highest BCUT2D eigenvalue weighted by atomic mass is 35.5. The van der Waals surface area contributed by atoms with Crippen molar-refractivity contribution < 1.29 is 19.4 Å². The maximum absolute atomic E-state index is 13.0. The number of amides is 1. The Labute approximate surface area is 181 Å². The second-order valence-electron chi connectivity index (χ2n) is 7.31. The van der Waals surface area contributed by atoms with Crippen LogP contribution >= 0.6 is 11.6 Å². The zero-order valence-corrected chi connectivity index (χ0v) is 18.0. The van der Waals surface area contributed by atoms with Gasteiger partial charge in [0.2, 0.25) is 0 Å². The van der Waals surface area contributed by atoms with Gasteiger partial charge in [-0.25, -0.2) is 0 Å². The SMILES string of the molecule is CCOc1cccc(/C(O)=C2\C(=O)C(=O)N(CCN(C)C)C2c2cccc(Cl)c2)c1. The Kier molecular flexibility index (Phi) is 6.80. The number of ether oxygens (including phenoxy) is 1. The van der Waals surface area contributed by atoms with Crippen molar-refractivity contribution in [3.63, 3.8) is 0 Å². The molecule has 3 rings (SSSR count). The third-order valence-electron chi connectivity index (χ3n) is 4.91. The van der Waals surface area contributed by atoms with Crippen LogP contribution in [0.5, 0.6) is 5.75 Å². The maximum Gasteiger partial charge on any atom is 0.295 e. The van der Waals surface area contributed by atoms with Gasteiger partial charge in [0.05, 0.1) is 18.2 Å². The predicted octanol–water partition coefficient (Wildman–Crippen LogP) is 3.72. The Morgan fingerprint density at radius 2 is 1.90 bits per heavy atom. The van der Waals surface area contributed by atoms with Crippen molar-refractivity contribution in [2.45, 2.75) is 13.0 Å². The first-order valence-corrected chi connectivity index (χ1v) is 10.1. The number of likely N-dealkylation sites (tertiary alicyclic amines) is 1. The van der Waals surface area contributed by atoms with E-state index in [0.29, 0.717) is 41.6 Å². The molecule has 7 heteroatoms. The molecule has 1 heterocycles. The molecule has 0 aromatic heterocycles. The molecule has 158 valence electrons. The number of nitrogens with zero attached hydrogens (tertiary/aromatic N) is 2. The van der Waals surface area contributed by atoms with Crippen molar-refractivity contribution in [2.75, 3.05) is 33.8 Å². The number of hydrogen-bond donors (Lipinski definition) is 1. The van der Waals surface area contributed by atoms with Gasteiger partial charge in [-0.1, -0.05) is 35.9 Å². The van der Waals surface area contributed by atoms with Crippen LogP contribution in [0.15, 0.2) is 54.1 Å². The first-order chi connectivity index (χ1) is 14.3. The molecule has 0 saturated carbocycles. The molecule has 1 fully saturated rings. The molecular weight excluding hydrogens is 404 g/mol. The van der Waals surface area contributed by atoms with Gasteiger partial charge in [-0.15, -0.1) is 0 Å². The topological polar surface area (TPSA) is 70.1 Å². The summed E-state index contributed by atoms with van der Waals surface area (Å²) in [6.45, 7) is 3.25. The van der Waals surface area contributed by atoms with E-state index in [4.69, 9.17) is 16.3 Å². The summed E-state index contributed by atoms with van der Waals surface area (Å²) in [5.41, 5.74) is 1.14. The average Bonchev–Trinajstić information content (AvgIpc) is 2.97. The summed E-state index contributed by atoms with van der Waals surface area (Å²) in [7, 11) is 3.79. The minimum atomic E-state index is -0.723. The van der Waals surface area contributed by atoms with Crippen molar-refractivity contribution in [3.05, 3.63) is 70.3 Å².